The van der Waals surface area contributed by atoms with E-state index in [0.717, 1.165) is 41.4 Å². The fraction of sp³-hybridized carbons (Fsp3) is 0.400. The first kappa shape index (κ1) is 14.2. The Morgan fingerprint density at radius 3 is 2.90 bits per heavy atom. The Kier molecular flexibility index (Phi) is 4.50. The first-order valence-corrected chi connectivity index (χ1v) is 6.83. The summed E-state index contributed by atoms with van der Waals surface area (Å²) >= 11 is 0. The van der Waals surface area contributed by atoms with Gasteiger partial charge in [-0.05, 0) is 24.1 Å². The molecule has 0 amide bonds. The van der Waals surface area contributed by atoms with Crippen LogP contribution in [0, 0.1) is 0 Å². The largest absolute Gasteiger partial charge is 0.497 e. The molecule has 0 spiro atoms. The Hall–Kier alpha value is -2.17. The van der Waals surface area contributed by atoms with Crippen LogP contribution in [0.1, 0.15) is 24.6 Å². The van der Waals surface area contributed by atoms with Crippen LogP contribution in [-0.2, 0) is 20.0 Å². The number of rotatable bonds is 6. The molecule has 0 unspecified atom stereocenters. The van der Waals surface area contributed by atoms with E-state index in [4.69, 9.17) is 10.5 Å². The molecule has 2 aromatic rings. The van der Waals surface area contributed by atoms with Crippen LogP contribution in [0.5, 0.6) is 5.75 Å². The van der Waals surface area contributed by atoms with Crippen LogP contribution in [0.2, 0.25) is 0 Å². The van der Waals surface area contributed by atoms with Gasteiger partial charge >= 0.3 is 0 Å². The molecule has 5 nitrogen and oxygen atoms in total. The predicted molar refractivity (Wildman–Crippen MR) is 81.9 cm³/mol. The smallest absolute Gasteiger partial charge is 0.148 e. The quantitative estimate of drug-likeness (QED) is 0.849. The van der Waals surface area contributed by atoms with Crippen LogP contribution < -0.4 is 15.8 Å². The Balaban J connectivity index is 2.10. The van der Waals surface area contributed by atoms with Gasteiger partial charge in [0.2, 0.25) is 0 Å². The van der Waals surface area contributed by atoms with Gasteiger partial charge in [-0.15, -0.1) is 0 Å². The lowest BCUT2D eigenvalue weighted by Gasteiger charge is -2.09. The molecule has 5 heteroatoms. The molecule has 0 bridgehead atoms. The predicted octanol–water partition coefficient (Wildman–Crippen LogP) is 2.58. The number of nitrogens with zero attached hydrogens (tertiary/aromatic N) is 2. The summed E-state index contributed by atoms with van der Waals surface area (Å²) in [6.45, 7) is 2.81. The highest BCUT2D eigenvalue weighted by Gasteiger charge is 2.12. The fourth-order valence-corrected chi connectivity index (χ4v) is 2.20. The number of ether oxygens (including phenoxy) is 1. The first-order valence-electron chi connectivity index (χ1n) is 6.83. The zero-order valence-corrected chi connectivity index (χ0v) is 12.3. The first-order chi connectivity index (χ1) is 9.65. The van der Waals surface area contributed by atoms with Crippen molar-refractivity contribution in [3.05, 3.63) is 35.5 Å². The van der Waals surface area contributed by atoms with E-state index in [1.54, 1.807) is 11.8 Å². The molecule has 3 N–H and O–H groups in total. The minimum atomic E-state index is 0.687. The minimum absolute atomic E-state index is 0.687. The van der Waals surface area contributed by atoms with Crippen molar-refractivity contribution in [2.45, 2.75) is 26.3 Å². The molecule has 1 aromatic carbocycles. The Morgan fingerprint density at radius 2 is 2.20 bits per heavy atom. The molecule has 108 valence electrons. The van der Waals surface area contributed by atoms with Crippen molar-refractivity contribution in [2.75, 3.05) is 18.2 Å². The van der Waals surface area contributed by atoms with E-state index < -0.39 is 0 Å². The van der Waals surface area contributed by atoms with Crippen molar-refractivity contribution in [1.82, 2.24) is 9.78 Å². The van der Waals surface area contributed by atoms with Gasteiger partial charge in [0.05, 0.1) is 18.5 Å². The van der Waals surface area contributed by atoms with Gasteiger partial charge in [0.25, 0.3) is 0 Å². The van der Waals surface area contributed by atoms with E-state index >= 15 is 0 Å². The third-order valence-electron chi connectivity index (χ3n) is 3.24. The second-order valence-corrected chi connectivity index (χ2v) is 4.79. The Bertz CT molecular complexity index is 577. The molecule has 0 fully saturated rings. The van der Waals surface area contributed by atoms with Crippen LogP contribution in [0.15, 0.2) is 24.3 Å². The number of aryl methyl sites for hydroxylation is 2. The van der Waals surface area contributed by atoms with E-state index in [-0.39, 0.29) is 0 Å². The monoisotopic (exact) mass is 274 g/mol. The van der Waals surface area contributed by atoms with Crippen molar-refractivity contribution in [2.24, 2.45) is 7.05 Å². The van der Waals surface area contributed by atoms with Crippen LogP contribution >= 0.6 is 0 Å². The molecule has 2 rings (SSSR count). The van der Waals surface area contributed by atoms with Gasteiger partial charge < -0.3 is 15.8 Å². The second-order valence-electron chi connectivity index (χ2n) is 4.79. The topological polar surface area (TPSA) is 65.1 Å². The lowest BCUT2D eigenvalue weighted by Crippen LogP contribution is -2.06. The summed E-state index contributed by atoms with van der Waals surface area (Å²) in [5.74, 6) is 1.73. The summed E-state index contributed by atoms with van der Waals surface area (Å²) < 4.78 is 7.03. The van der Waals surface area contributed by atoms with Crippen LogP contribution in [-0.4, -0.2) is 16.9 Å². The maximum atomic E-state index is 6.14. The van der Waals surface area contributed by atoms with Crippen molar-refractivity contribution in [3.63, 3.8) is 0 Å². The summed E-state index contributed by atoms with van der Waals surface area (Å²) in [5, 5.41) is 7.80. The summed E-state index contributed by atoms with van der Waals surface area (Å²) in [6.07, 6.45) is 1.94. The van der Waals surface area contributed by atoms with Crippen molar-refractivity contribution < 1.29 is 4.74 Å². The molecular formula is C15H22N4O. The van der Waals surface area contributed by atoms with E-state index in [1.807, 2.05) is 25.2 Å². The van der Waals surface area contributed by atoms with Crippen LogP contribution in [0.4, 0.5) is 11.5 Å². The minimum Gasteiger partial charge on any atom is -0.497 e. The molecule has 1 aromatic heterocycles. The van der Waals surface area contributed by atoms with Gasteiger partial charge in [0, 0.05) is 13.6 Å². The summed E-state index contributed by atoms with van der Waals surface area (Å²) in [7, 11) is 3.58. The number of nitrogen functional groups attached to an aromatic ring is 1. The van der Waals surface area contributed by atoms with Gasteiger partial charge in [0.15, 0.2) is 0 Å². The highest BCUT2D eigenvalue weighted by Crippen LogP contribution is 2.24. The van der Waals surface area contributed by atoms with E-state index in [9.17, 15) is 0 Å². The van der Waals surface area contributed by atoms with Gasteiger partial charge in [-0.1, -0.05) is 25.5 Å². The van der Waals surface area contributed by atoms with Gasteiger partial charge in [0.1, 0.15) is 11.6 Å². The van der Waals surface area contributed by atoms with Crippen molar-refractivity contribution >= 4 is 11.5 Å². The zero-order valence-electron chi connectivity index (χ0n) is 12.3. The number of nitrogens with two attached hydrogens (primary N) is 1. The highest BCUT2D eigenvalue weighted by molar-refractivity contribution is 5.65. The maximum Gasteiger partial charge on any atom is 0.148 e. The lowest BCUT2D eigenvalue weighted by atomic mass is 10.2. The molecule has 20 heavy (non-hydrogen) atoms. The van der Waals surface area contributed by atoms with Crippen LogP contribution in [0.3, 0.4) is 0 Å². The number of methoxy groups -OCH3 is 1. The Morgan fingerprint density at radius 1 is 1.40 bits per heavy atom. The standard InChI is InChI=1S/C15H22N4O/c1-4-6-13-14(16)15(19(2)18-13)17-10-11-7-5-8-12(9-11)20-3/h5,7-9,17H,4,6,10,16H2,1-3H3. The van der Waals surface area contributed by atoms with E-state index in [2.05, 4.69) is 23.4 Å². The number of hydrogen-bond donors (Lipinski definition) is 2. The van der Waals surface area contributed by atoms with Gasteiger partial charge in [-0.3, -0.25) is 4.68 Å². The molecule has 0 saturated heterocycles. The molecular weight excluding hydrogens is 252 g/mol. The summed E-state index contributed by atoms with van der Waals surface area (Å²) in [4.78, 5) is 0. The van der Waals surface area contributed by atoms with E-state index in [0.29, 0.717) is 6.54 Å². The number of benzene rings is 1. The summed E-state index contributed by atoms with van der Waals surface area (Å²) in [6, 6.07) is 7.97. The number of anilines is 2. The zero-order chi connectivity index (χ0) is 14.5. The maximum absolute atomic E-state index is 6.14. The Labute approximate surface area is 119 Å². The fourth-order valence-electron chi connectivity index (χ4n) is 2.20. The molecule has 0 aliphatic heterocycles. The summed E-state index contributed by atoms with van der Waals surface area (Å²) in [5.41, 5.74) is 8.99. The molecule has 0 radical (unpaired) electrons. The number of hydrogen-bond acceptors (Lipinski definition) is 4. The normalized spacial score (nSPS) is 10.6. The SMILES string of the molecule is CCCc1nn(C)c(NCc2cccc(OC)c2)c1N. The van der Waals surface area contributed by atoms with Crippen molar-refractivity contribution in [1.29, 1.82) is 0 Å². The second kappa shape index (κ2) is 6.32. The number of nitrogens with one attached hydrogen (secondary N) is 1. The molecule has 0 atom stereocenters. The average molecular weight is 274 g/mol. The molecule has 0 saturated carbocycles. The highest BCUT2D eigenvalue weighted by atomic mass is 16.5. The van der Waals surface area contributed by atoms with E-state index in [1.165, 1.54) is 0 Å². The average Bonchev–Trinajstić information content (AvgIpc) is 2.72. The van der Waals surface area contributed by atoms with Gasteiger partial charge in [-0.25, -0.2) is 0 Å². The third-order valence-corrected chi connectivity index (χ3v) is 3.24. The van der Waals surface area contributed by atoms with Gasteiger partial charge in [-0.2, -0.15) is 5.10 Å². The molecule has 0 aliphatic carbocycles. The number of aromatic nitrogens is 2. The third kappa shape index (κ3) is 3.04. The molecule has 0 aliphatic rings. The molecule has 1 heterocycles. The van der Waals surface area contributed by atoms with Crippen LogP contribution in [0.25, 0.3) is 0 Å². The van der Waals surface area contributed by atoms with Crippen molar-refractivity contribution in [3.8, 4) is 5.75 Å². The lowest BCUT2D eigenvalue weighted by molar-refractivity contribution is 0.414.